The molecule has 0 spiro atoms. The fourth-order valence-electron chi connectivity index (χ4n) is 2.61. The van der Waals surface area contributed by atoms with Crippen LogP contribution in [0.15, 0.2) is 54.9 Å². The van der Waals surface area contributed by atoms with Crippen LogP contribution in [0.4, 0.5) is 0 Å². The van der Waals surface area contributed by atoms with E-state index in [0.717, 1.165) is 17.5 Å². The highest BCUT2D eigenvalue weighted by molar-refractivity contribution is 5.97. The summed E-state index contributed by atoms with van der Waals surface area (Å²) < 4.78 is 0. The third-order valence-corrected chi connectivity index (χ3v) is 4.17. The molecule has 1 aromatic heterocycles. The lowest BCUT2D eigenvalue weighted by atomic mass is 10.0. The number of carbonyl (C=O) groups excluding carboxylic acids is 1. The highest BCUT2D eigenvalue weighted by atomic mass is 16.3. The monoisotopic (exact) mass is 321 g/mol. The molecule has 122 valence electrons. The predicted molar refractivity (Wildman–Crippen MR) is 92.9 cm³/mol. The van der Waals surface area contributed by atoms with Crippen molar-refractivity contribution in [2.45, 2.75) is 19.4 Å². The first-order chi connectivity index (χ1) is 11.5. The molecule has 0 fully saturated rings. The molecule has 0 saturated heterocycles. The first kappa shape index (κ1) is 15.9. The van der Waals surface area contributed by atoms with Crippen LogP contribution >= 0.6 is 0 Å². The smallest absolute Gasteiger partial charge is 0.253 e. The summed E-state index contributed by atoms with van der Waals surface area (Å²) in [6.45, 7) is 2.01. The molecule has 1 amide bonds. The zero-order valence-corrected chi connectivity index (χ0v) is 13.7. The van der Waals surface area contributed by atoms with Crippen molar-refractivity contribution in [1.82, 2.24) is 14.9 Å². The maximum Gasteiger partial charge on any atom is 0.253 e. The average molecular weight is 321 g/mol. The van der Waals surface area contributed by atoms with E-state index in [9.17, 15) is 9.90 Å². The maximum atomic E-state index is 12.7. The van der Waals surface area contributed by atoms with Crippen molar-refractivity contribution in [2.75, 3.05) is 7.05 Å². The van der Waals surface area contributed by atoms with Gasteiger partial charge in [-0.15, -0.1) is 0 Å². The fourth-order valence-corrected chi connectivity index (χ4v) is 2.61. The van der Waals surface area contributed by atoms with Crippen LogP contribution < -0.4 is 0 Å². The number of aromatic nitrogens is 2. The molecule has 3 rings (SSSR count). The summed E-state index contributed by atoms with van der Waals surface area (Å²) in [5.74, 6) is 0.196. The van der Waals surface area contributed by atoms with Gasteiger partial charge in [0.25, 0.3) is 5.91 Å². The number of carbonyl (C=O) groups is 1. The number of hydrogen-bond donors (Lipinski definition) is 1. The van der Waals surface area contributed by atoms with Crippen LogP contribution in [0.3, 0.4) is 0 Å². The normalized spacial score (nSPS) is 12.1. The van der Waals surface area contributed by atoms with Gasteiger partial charge in [0.1, 0.15) is 5.75 Å². The third kappa shape index (κ3) is 3.35. The average Bonchev–Trinajstić information content (AvgIpc) is 2.62. The summed E-state index contributed by atoms with van der Waals surface area (Å²) >= 11 is 0. The van der Waals surface area contributed by atoms with Crippen LogP contribution in [0.2, 0.25) is 0 Å². The van der Waals surface area contributed by atoms with Gasteiger partial charge in [0.2, 0.25) is 0 Å². The number of fused-ring (bicyclic) bond motifs is 1. The molecule has 0 saturated carbocycles. The number of nitrogens with zero attached hydrogens (tertiary/aromatic N) is 3. The van der Waals surface area contributed by atoms with E-state index in [4.69, 9.17) is 0 Å². The summed E-state index contributed by atoms with van der Waals surface area (Å²) in [6.07, 6.45) is 3.97. The van der Waals surface area contributed by atoms with E-state index in [-0.39, 0.29) is 17.7 Å². The Morgan fingerprint density at radius 2 is 1.75 bits per heavy atom. The van der Waals surface area contributed by atoms with Crippen LogP contribution in [0, 0.1) is 0 Å². The zero-order chi connectivity index (χ0) is 17.1. The van der Waals surface area contributed by atoms with E-state index in [1.807, 2.05) is 25.1 Å². The summed E-state index contributed by atoms with van der Waals surface area (Å²) in [6, 6.07) is 12.5. The summed E-state index contributed by atoms with van der Waals surface area (Å²) in [4.78, 5) is 22.9. The van der Waals surface area contributed by atoms with Crippen molar-refractivity contribution < 1.29 is 9.90 Å². The standard InChI is InChI=1S/C19H19N3O2/c1-13(11-14-3-6-16(23)7-4-14)22(2)19(24)15-5-8-17-18(12-15)21-10-9-20-17/h3-10,12-13,23H,11H2,1-2H3/t13-/m0/s1. The molecular weight excluding hydrogens is 302 g/mol. The number of benzene rings is 2. The van der Waals surface area contributed by atoms with Crippen molar-refractivity contribution in [3.8, 4) is 5.75 Å². The Labute approximate surface area is 140 Å². The van der Waals surface area contributed by atoms with Crippen LogP contribution in [0.25, 0.3) is 11.0 Å². The molecule has 1 N–H and O–H groups in total. The van der Waals surface area contributed by atoms with Crippen molar-refractivity contribution in [1.29, 1.82) is 0 Å². The van der Waals surface area contributed by atoms with E-state index in [2.05, 4.69) is 9.97 Å². The quantitative estimate of drug-likeness (QED) is 0.802. The van der Waals surface area contributed by atoms with Crippen LogP contribution in [0.1, 0.15) is 22.8 Å². The minimum atomic E-state index is -0.0474. The number of rotatable bonds is 4. The number of aromatic hydroxyl groups is 1. The summed E-state index contributed by atoms with van der Waals surface area (Å²) in [5.41, 5.74) is 3.16. The molecule has 1 atom stereocenters. The van der Waals surface area contributed by atoms with E-state index >= 15 is 0 Å². The lowest BCUT2D eigenvalue weighted by molar-refractivity contribution is 0.0743. The van der Waals surface area contributed by atoms with Gasteiger partial charge in [-0.25, -0.2) is 0 Å². The molecule has 0 unspecified atom stereocenters. The molecule has 0 bridgehead atoms. The van der Waals surface area contributed by atoms with Crippen molar-refractivity contribution >= 4 is 16.9 Å². The van der Waals surface area contributed by atoms with Crippen molar-refractivity contribution in [3.63, 3.8) is 0 Å². The molecule has 0 aliphatic rings. The number of likely N-dealkylation sites (N-methyl/N-ethyl adjacent to an activating group) is 1. The topological polar surface area (TPSA) is 66.3 Å². The van der Waals surface area contributed by atoms with Gasteiger partial charge in [0.05, 0.1) is 11.0 Å². The van der Waals surface area contributed by atoms with Gasteiger partial charge in [0.15, 0.2) is 0 Å². The largest absolute Gasteiger partial charge is 0.508 e. The molecule has 5 heteroatoms. The molecule has 5 nitrogen and oxygen atoms in total. The molecule has 1 heterocycles. The molecule has 24 heavy (non-hydrogen) atoms. The minimum Gasteiger partial charge on any atom is -0.508 e. The van der Waals surface area contributed by atoms with Crippen LogP contribution in [-0.2, 0) is 6.42 Å². The van der Waals surface area contributed by atoms with Crippen LogP contribution in [0.5, 0.6) is 5.75 Å². The Morgan fingerprint density at radius 3 is 2.46 bits per heavy atom. The number of amides is 1. The van der Waals surface area contributed by atoms with E-state index in [1.54, 1.807) is 48.6 Å². The molecule has 2 aromatic carbocycles. The first-order valence-electron chi connectivity index (χ1n) is 7.80. The minimum absolute atomic E-state index is 0.0274. The second-order valence-corrected chi connectivity index (χ2v) is 5.90. The molecule has 0 radical (unpaired) electrons. The Bertz CT molecular complexity index is 862. The second-order valence-electron chi connectivity index (χ2n) is 5.90. The third-order valence-electron chi connectivity index (χ3n) is 4.17. The molecule has 0 aliphatic carbocycles. The van der Waals surface area contributed by atoms with Gasteiger partial charge >= 0.3 is 0 Å². The van der Waals surface area contributed by atoms with E-state index < -0.39 is 0 Å². The Hall–Kier alpha value is -2.95. The fraction of sp³-hybridized carbons (Fsp3) is 0.211. The van der Waals surface area contributed by atoms with Crippen molar-refractivity contribution in [2.24, 2.45) is 0 Å². The lowest BCUT2D eigenvalue weighted by Gasteiger charge is -2.25. The molecular formula is C19H19N3O2. The number of hydrogen-bond acceptors (Lipinski definition) is 4. The number of phenolic OH excluding ortho intramolecular Hbond substituents is 1. The van der Waals surface area contributed by atoms with Gasteiger partial charge < -0.3 is 10.0 Å². The van der Waals surface area contributed by atoms with Gasteiger partial charge in [-0.1, -0.05) is 12.1 Å². The van der Waals surface area contributed by atoms with Gasteiger partial charge in [-0.2, -0.15) is 0 Å². The van der Waals surface area contributed by atoms with Gasteiger partial charge in [0, 0.05) is 31.0 Å². The van der Waals surface area contributed by atoms with Gasteiger partial charge in [-0.3, -0.25) is 14.8 Å². The lowest BCUT2D eigenvalue weighted by Crippen LogP contribution is -2.36. The van der Waals surface area contributed by atoms with Crippen molar-refractivity contribution in [3.05, 3.63) is 66.0 Å². The predicted octanol–water partition coefficient (Wildman–Crippen LogP) is 3.04. The highest BCUT2D eigenvalue weighted by Crippen LogP contribution is 2.16. The molecule has 3 aromatic rings. The summed E-state index contributed by atoms with van der Waals surface area (Å²) in [5, 5.41) is 9.35. The second kappa shape index (κ2) is 6.66. The maximum absolute atomic E-state index is 12.7. The Morgan fingerprint density at radius 1 is 1.08 bits per heavy atom. The van der Waals surface area contributed by atoms with E-state index in [1.165, 1.54) is 0 Å². The highest BCUT2D eigenvalue weighted by Gasteiger charge is 2.18. The van der Waals surface area contributed by atoms with Crippen LogP contribution in [-0.4, -0.2) is 39.0 Å². The SMILES string of the molecule is C[C@@H](Cc1ccc(O)cc1)N(C)C(=O)c1ccc2nccnc2c1. The zero-order valence-electron chi connectivity index (χ0n) is 13.7. The first-order valence-corrected chi connectivity index (χ1v) is 7.80. The van der Waals surface area contributed by atoms with Gasteiger partial charge in [-0.05, 0) is 49.2 Å². The molecule has 0 aliphatic heterocycles. The number of phenols is 1. The Balaban J connectivity index is 1.75. The Kier molecular flexibility index (Phi) is 4.42. The van der Waals surface area contributed by atoms with E-state index in [0.29, 0.717) is 11.1 Å². The summed E-state index contributed by atoms with van der Waals surface area (Å²) in [7, 11) is 1.80.